The van der Waals surface area contributed by atoms with Crippen LogP contribution in [0.25, 0.3) is 0 Å². The van der Waals surface area contributed by atoms with Crippen molar-refractivity contribution >= 4 is 11.8 Å². The van der Waals surface area contributed by atoms with Gasteiger partial charge in [-0.15, -0.1) is 0 Å². The summed E-state index contributed by atoms with van der Waals surface area (Å²) in [5.41, 5.74) is -0.528. The van der Waals surface area contributed by atoms with Crippen molar-refractivity contribution in [2.75, 3.05) is 18.1 Å². The first-order chi connectivity index (χ1) is 5.12. The fraction of sp³-hybridized carbons (Fsp3) is 1.00. The van der Waals surface area contributed by atoms with Crippen LogP contribution in [0.3, 0.4) is 0 Å². The lowest BCUT2D eigenvalue weighted by Gasteiger charge is -2.20. The van der Waals surface area contributed by atoms with Crippen LogP contribution in [-0.4, -0.2) is 33.9 Å². The van der Waals surface area contributed by atoms with E-state index in [9.17, 15) is 5.11 Å². The van der Waals surface area contributed by atoms with Crippen LogP contribution in [-0.2, 0) is 0 Å². The molecule has 0 aromatic heterocycles. The molecule has 0 saturated carbocycles. The van der Waals surface area contributed by atoms with Crippen molar-refractivity contribution in [3.8, 4) is 0 Å². The maximum Gasteiger partial charge on any atom is 0.0707 e. The summed E-state index contributed by atoms with van der Waals surface area (Å²) in [6, 6.07) is 0. The molecule has 1 unspecified atom stereocenters. The van der Waals surface area contributed by atoms with Crippen molar-refractivity contribution in [1.82, 2.24) is 0 Å². The van der Waals surface area contributed by atoms with E-state index in [4.69, 9.17) is 5.11 Å². The van der Waals surface area contributed by atoms with Gasteiger partial charge in [0.2, 0.25) is 0 Å². The Balaban J connectivity index is 3.23. The lowest BCUT2D eigenvalue weighted by Crippen LogP contribution is -2.26. The van der Waals surface area contributed by atoms with Gasteiger partial charge in [0.05, 0.1) is 5.60 Å². The van der Waals surface area contributed by atoms with Crippen LogP contribution in [0, 0.1) is 0 Å². The number of rotatable bonds is 6. The SMILES string of the molecule is CCC(C)(O)CSCCCO. The van der Waals surface area contributed by atoms with Crippen LogP contribution in [0.2, 0.25) is 0 Å². The predicted octanol–water partition coefficient (Wildman–Crippen LogP) is 1.26. The van der Waals surface area contributed by atoms with Crippen LogP contribution >= 0.6 is 11.8 Å². The second-order valence-electron chi connectivity index (χ2n) is 2.98. The predicted molar refractivity (Wildman–Crippen MR) is 49.9 cm³/mol. The maximum absolute atomic E-state index is 9.54. The molecule has 0 aliphatic carbocycles. The molecule has 3 heteroatoms. The molecule has 0 heterocycles. The summed E-state index contributed by atoms with van der Waals surface area (Å²) in [5, 5.41) is 18.0. The molecule has 0 spiro atoms. The van der Waals surface area contributed by atoms with Crippen LogP contribution in [0.4, 0.5) is 0 Å². The molecule has 2 N–H and O–H groups in total. The minimum absolute atomic E-state index is 0.251. The van der Waals surface area contributed by atoms with Crippen LogP contribution < -0.4 is 0 Å². The Labute approximate surface area is 73.0 Å². The minimum Gasteiger partial charge on any atom is -0.396 e. The van der Waals surface area contributed by atoms with Crippen LogP contribution in [0.1, 0.15) is 26.7 Å². The van der Waals surface area contributed by atoms with Gasteiger partial charge >= 0.3 is 0 Å². The molecule has 0 amide bonds. The van der Waals surface area contributed by atoms with E-state index < -0.39 is 5.60 Å². The normalized spacial score (nSPS) is 16.4. The molecule has 0 saturated heterocycles. The van der Waals surface area contributed by atoms with Gasteiger partial charge < -0.3 is 10.2 Å². The summed E-state index contributed by atoms with van der Waals surface area (Å²) >= 11 is 1.70. The van der Waals surface area contributed by atoms with Gasteiger partial charge in [0.1, 0.15) is 0 Å². The summed E-state index contributed by atoms with van der Waals surface area (Å²) in [4.78, 5) is 0. The zero-order chi connectivity index (χ0) is 8.74. The fourth-order valence-corrected chi connectivity index (χ4v) is 1.68. The van der Waals surface area contributed by atoms with Gasteiger partial charge in [-0.05, 0) is 25.5 Å². The molecule has 0 aliphatic rings. The summed E-state index contributed by atoms with van der Waals surface area (Å²) in [5.74, 6) is 1.70. The molecule has 0 aromatic rings. The Morgan fingerprint density at radius 3 is 2.55 bits per heavy atom. The van der Waals surface area contributed by atoms with E-state index >= 15 is 0 Å². The third-order valence-electron chi connectivity index (χ3n) is 1.62. The Kier molecular flexibility index (Phi) is 6.01. The zero-order valence-corrected chi connectivity index (χ0v) is 8.15. The number of hydrogen-bond acceptors (Lipinski definition) is 3. The van der Waals surface area contributed by atoms with E-state index in [0.717, 1.165) is 24.3 Å². The number of thioether (sulfide) groups is 1. The summed E-state index contributed by atoms with van der Waals surface area (Å²) in [6.45, 7) is 4.08. The first-order valence-corrected chi connectivity index (χ1v) is 5.19. The smallest absolute Gasteiger partial charge is 0.0707 e. The topological polar surface area (TPSA) is 40.5 Å². The van der Waals surface area contributed by atoms with Gasteiger partial charge in [0, 0.05) is 12.4 Å². The van der Waals surface area contributed by atoms with E-state index in [1.54, 1.807) is 11.8 Å². The highest BCUT2D eigenvalue weighted by atomic mass is 32.2. The Hall–Kier alpha value is 0.270. The molecule has 0 bridgehead atoms. The molecule has 0 rings (SSSR count). The van der Waals surface area contributed by atoms with Crippen molar-refractivity contribution < 1.29 is 10.2 Å². The van der Waals surface area contributed by atoms with E-state index in [1.165, 1.54) is 0 Å². The minimum atomic E-state index is -0.528. The standard InChI is InChI=1S/C8H18O2S/c1-3-8(2,10)7-11-6-4-5-9/h9-10H,3-7H2,1-2H3. The average molecular weight is 178 g/mol. The van der Waals surface area contributed by atoms with Crippen LogP contribution in [0.5, 0.6) is 0 Å². The maximum atomic E-state index is 9.54. The van der Waals surface area contributed by atoms with E-state index in [0.29, 0.717) is 0 Å². The largest absolute Gasteiger partial charge is 0.396 e. The van der Waals surface area contributed by atoms with Crippen molar-refractivity contribution in [3.05, 3.63) is 0 Å². The molecule has 0 fully saturated rings. The van der Waals surface area contributed by atoms with Crippen molar-refractivity contribution in [1.29, 1.82) is 0 Å². The zero-order valence-electron chi connectivity index (χ0n) is 7.34. The first-order valence-electron chi connectivity index (χ1n) is 4.03. The second-order valence-corrected chi connectivity index (χ2v) is 4.09. The van der Waals surface area contributed by atoms with Gasteiger partial charge in [0.25, 0.3) is 0 Å². The van der Waals surface area contributed by atoms with E-state index in [1.807, 2.05) is 13.8 Å². The molecule has 2 nitrogen and oxygen atoms in total. The van der Waals surface area contributed by atoms with Gasteiger partial charge in [-0.3, -0.25) is 0 Å². The van der Waals surface area contributed by atoms with Crippen molar-refractivity contribution in [3.63, 3.8) is 0 Å². The number of aliphatic hydroxyl groups is 2. The molecular formula is C8H18O2S. The third-order valence-corrected chi connectivity index (χ3v) is 3.02. The summed E-state index contributed by atoms with van der Waals surface area (Å²) in [7, 11) is 0. The Bertz CT molecular complexity index is 94.1. The quantitative estimate of drug-likeness (QED) is 0.602. The molecule has 1 atom stereocenters. The van der Waals surface area contributed by atoms with Gasteiger partial charge in [-0.2, -0.15) is 11.8 Å². The Morgan fingerprint density at radius 1 is 1.45 bits per heavy atom. The summed E-state index contributed by atoms with van der Waals surface area (Å²) < 4.78 is 0. The van der Waals surface area contributed by atoms with Gasteiger partial charge in [-0.25, -0.2) is 0 Å². The molecule has 0 aromatic carbocycles. The highest BCUT2D eigenvalue weighted by molar-refractivity contribution is 7.99. The monoisotopic (exact) mass is 178 g/mol. The van der Waals surface area contributed by atoms with Crippen molar-refractivity contribution in [2.45, 2.75) is 32.3 Å². The first kappa shape index (κ1) is 11.3. The number of hydrogen-bond donors (Lipinski definition) is 2. The highest BCUT2D eigenvalue weighted by Gasteiger charge is 2.16. The lowest BCUT2D eigenvalue weighted by atomic mass is 10.1. The fourth-order valence-electron chi connectivity index (χ4n) is 0.561. The third kappa shape index (κ3) is 6.66. The molecule has 11 heavy (non-hydrogen) atoms. The van der Waals surface area contributed by atoms with E-state index in [-0.39, 0.29) is 6.61 Å². The van der Waals surface area contributed by atoms with Gasteiger partial charge in [0.15, 0.2) is 0 Å². The van der Waals surface area contributed by atoms with Crippen molar-refractivity contribution in [2.24, 2.45) is 0 Å². The highest BCUT2D eigenvalue weighted by Crippen LogP contribution is 2.16. The lowest BCUT2D eigenvalue weighted by molar-refractivity contribution is 0.0816. The molecule has 68 valence electrons. The van der Waals surface area contributed by atoms with Gasteiger partial charge in [-0.1, -0.05) is 6.92 Å². The molecule has 0 radical (unpaired) electrons. The molecular weight excluding hydrogens is 160 g/mol. The second kappa shape index (κ2) is 5.86. The van der Waals surface area contributed by atoms with E-state index in [2.05, 4.69) is 0 Å². The summed E-state index contributed by atoms with van der Waals surface area (Å²) in [6.07, 6.45) is 1.61. The number of aliphatic hydroxyl groups excluding tert-OH is 1. The molecule has 0 aliphatic heterocycles. The average Bonchev–Trinajstić information content (AvgIpc) is 1.99. The Morgan fingerprint density at radius 2 is 2.09 bits per heavy atom. The van der Waals surface area contributed by atoms with Crippen LogP contribution in [0.15, 0.2) is 0 Å².